The molecule has 0 rings (SSSR count). The molecule has 0 radical (unpaired) electrons. The van der Waals surface area contributed by atoms with Gasteiger partial charge in [-0.25, -0.2) is 0 Å². The third kappa shape index (κ3) is 52.8. The summed E-state index contributed by atoms with van der Waals surface area (Å²) >= 11 is 0. The van der Waals surface area contributed by atoms with Gasteiger partial charge in [-0.15, -0.1) is 0 Å². The third-order valence-electron chi connectivity index (χ3n) is 8.46. The first-order chi connectivity index (χ1) is 21.5. The van der Waals surface area contributed by atoms with E-state index < -0.39 is 11.9 Å². The van der Waals surface area contributed by atoms with Gasteiger partial charge in [0.25, 0.3) is 0 Å². The number of aliphatic carboxylic acids is 2. The zero-order valence-corrected chi connectivity index (χ0v) is 33.2. The molecular formula is C40H74O4Zn. The van der Waals surface area contributed by atoms with Crippen molar-refractivity contribution in [3.05, 3.63) is 24.3 Å². The number of carboxylic acids is 2. The fourth-order valence-electron chi connectivity index (χ4n) is 5.63. The largest absolute Gasteiger partial charge is 2.00 e. The molecule has 0 N–H and O–H groups in total. The van der Waals surface area contributed by atoms with E-state index in [1.165, 1.54) is 180 Å². The van der Waals surface area contributed by atoms with Crippen LogP contribution in [0, 0.1) is 0 Å². The molecule has 0 aliphatic rings. The molecule has 45 heavy (non-hydrogen) atoms. The molecule has 0 aromatic carbocycles. The normalized spacial score (nSPS) is 11.1. The summed E-state index contributed by atoms with van der Waals surface area (Å²) in [7, 11) is 0. The second-order valence-electron chi connectivity index (χ2n) is 12.9. The molecule has 0 amide bonds. The van der Waals surface area contributed by atoms with Gasteiger partial charge in [-0.05, 0) is 37.8 Å². The van der Waals surface area contributed by atoms with Crippen LogP contribution in [-0.4, -0.2) is 11.9 Å². The van der Waals surface area contributed by atoms with Crippen LogP contribution < -0.4 is 10.2 Å². The van der Waals surface area contributed by atoms with E-state index in [1.54, 1.807) is 12.2 Å². The number of carboxylic acid groups (broad SMARTS) is 2. The van der Waals surface area contributed by atoms with Gasteiger partial charge in [0, 0.05) is 0 Å². The number of rotatable bonds is 34. The molecule has 0 saturated heterocycles. The van der Waals surface area contributed by atoms with E-state index in [-0.39, 0.29) is 19.5 Å². The van der Waals surface area contributed by atoms with E-state index >= 15 is 0 Å². The van der Waals surface area contributed by atoms with Crippen molar-refractivity contribution in [2.75, 3.05) is 0 Å². The Morgan fingerprint density at radius 1 is 0.356 bits per heavy atom. The molecule has 0 aromatic heterocycles. The van der Waals surface area contributed by atoms with Crippen LogP contribution in [-0.2, 0) is 29.1 Å². The van der Waals surface area contributed by atoms with Gasteiger partial charge >= 0.3 is 19.5 Å². The van der Waals surface area contributed by atoms with Gasteiger partial charge < -0.3 is 19.8 Å². The quantitative estimate of drug-likeness (QED) is 0.0384. The maximum Gasteiger partial charge on any atom is 2.00 e. The molecule has 0 aromatic rings. The fraction of sp³-hybridized carbons (Fsp3) is 0.850. The molecule has 0 aliphatic carbocycles. The Morgan fingerprint density at radius 2 is 0.533 bits per heavy atom. The van der Waals surface area contributed by atoms with Crippen LogP contribution in [0.3, 0.4) is 0 Å². The van der Waals surface area contributed by atoms with Crippen LogP contribution in [0.4, 0.5) is 0 Å². The van der Waals surface area contributed by atoms with Crippen LogP contribution in [0.5, 0.6) is 0 Å². The third-order valence-corrected chi connectivity index (χ3v) is 8.46. The minimum absolute atomic E-state index is 0. The molecule has 0 fully saturated rings. The molecule has 260 valence electrons. The van der Waals surface area contributed by atoms with Crippen molar-refractivity contribution in [1.29, 1.82) is 0 Å². The predicted molar refractivity (Wildman–Crippen MR) is 187 cm³/mol. The fourth-order valence-corrected chi connectivity index (χ4v) is 5.63. The molecule has 0 spiro atoms. The summed E-state index contributed by atoms with van der Waals surface area (Å²) in [6.45, 7) is 4.54. The average Bonchev–Trinajstić information content (AvgIpc) is 3.00. The SMILES string of the molecule is CCCCCCCCCCCCCCCCCC=CC(=O)[O-].CCCCCCCCCCCCCCCCCC=CC(=O)[O-].[Zn+2]. The van der Waals surface area contributed by atoms with Crippen LogP contribution in [0.1, 0.15) is 219 Å². The molecule has 0 heterocycles. The monoisotopic (exact) mass is 682 g/mol. The predicted octanol–water partition coefficient (Wildman–Crippen LogP) is 11.1. The Hall–Kier alpha value is -0.957. The summed E-state index contributed by atoms with van der Waals surface area (Å²) in [5.41, 5.74) is 0. The maximum absolute atomic E-state index is 10.2. The standard InChI is InChI=1S/2C20H38O2.Zn/c2*1-2-3-4-5-6-7-8-9-10-11-12-13-14-15-16-17-18-19-20(21)22;/h2*18-19H,2-17H2,1H3,(H,21,22);/q;;+2/p-2. The molecule has 0 atom stereocenters. The van der Waals surface area contributed by atoms with Crippen LogP contribution >= 0.6 is 0 Å². The number of allylic oxidation sites excluding steroid dienone is 2. The minimum atomic E-state index is -1.08. The molecule has 0 aliphatic heterocycles. The second-order valence-corrected chi connectivity index (χ2v) is 12.9. The first-order valence-electron chi connectivity index (χ1n) is 19.3. The Bertz CT molecular complexity index is 578. The number of hydrogen-bond donors (Lipinski definition) is 0. The number of hydrogen-bond acceptors (Lipinski definition) is 4. The Morgan fingerprint density at radius 3 is 0.711 bits per heavy atom. The van der Waals surface area contributed by atoms with Crippen LogP contribution in [0.25, 0.3) is 0 Å². The molecule has 0 unspecified atom stereocenters. The molecule has 0 bridgehead atoms. The van der Waals surface area contributed by atoms with Gasteiger partial charge in [0.05, 0.1) is 11.9 Å². The van der Waals surface area contributed by atoms with E-state index in [4.69, 9.17) is 0 Å². The van der Waals surface area contributed by atoms with Crippen molar-refractivity contribution in [2.24, 2.45) is 0 Å². The van der Waals surface area contributed by atoms with E-state index in [0.717, 1.165) is 37.8 Å². The summed E-state index contributed by atoms with van der Waals surface area (Å²) in [6, 6.07) is 0. The number of carbonyl (C=O) groups excluding carboxylic acids is 2. The van der Waals surface area contributed by atoms with Crippen LogP contribution in [0.15, 0.2) is 24.3 Å². The summed E-state index contributed by atoms with van der Waals surface area (Å²) in [5.74, 6) is -2.16. The van der Waals surface area contributed by atoms with E-state index in [2.05, 4.69) is 13.8 Å². The van der Waals surface area contributed by atoms with Gasteiger partial charge in [0.1, 0.15) is 0 Å². The molecule has 4 nitrogen and oxygen atoms in total. The topological polar surface area (TPSA) is 80.3 Å². The van der Waals surface area contributed by atoms with Crippen molar-refractivity contribution in [3.63, 3.8) is 0 Å². The summed E-state index contributed by atoms with van der Waals surface area (Å²) in [4.78, 5) is 20.3. The minimum Gasteiger partial charge on any atom is -0.545 e. The second kappa shape index (κ2) is 45.2. The van der Waals surface area contributed by atoms with Crippen molar-refractivity contribution >= 4 is 11.9 Å². The van der Waals surface area contributed by atoms with Gasteiger partial charge in [-0.3, -0.25) is 0 Å². The van der Waals surface area contributed by atoms with Crippen molar-refractivity contribution in [3.8, 4) is 0 Å². The number of carbonyl (C=O) groups is 2. The Kier molecular flexibility index (Phi) is 48.6. The van der Waals surface area contributed by atoms with Crippen LogP contribution in [0.2, 0.25) is 0 Å². The Labute approximate surface area is 293 Å². The average molecular weight is 684 g/mol. The van der Waals surface area contributed by atoms with E-state index in [9.17, 15) is 19.8 Å². The zero-order chi connectivity index (χ0) is 32.6. The molecule has 0 saturated carbocycles. The number of unbranched alkanes of at least 4 members (excludes halogenated alkanes) is 30. The smallest absolute Gasteiger partial charge is 0.545 e. The molecule has 5 heteroatoms. The van der Waals surface area contributed by atoms with Gasteiger partial charge in [-0.2, -0.15) is 0 Å². The summed E-state index contributed by atoms with van der Waals surface area (Å²) < 4.78 is 0. The van der Waals surface area contributed by atoms with E-state index in [1.807, 2.05) is 0 Å². The van der Waals surface area contributed by atoms with Gasteiger partial charge in [0.15, 0.2) is 0 Å². The van der Waals surface area contributed by atoms with Crippen molar-refractivity contribution < 1.29 is 39.3 Å². The van der Waals surface area contributed by atoms with Gasteiger partial charge in [0.2, 0.25) is 0 Å². The van der Waals surface area contributed by atoms with Crippen molar-refractivity contribution in [2.45, 2.75) is 219 Å². The first-order valence-corrected chi connectivity index (χ1v) is 19.3. The summed E-state index contributed by atoms with van der Waals surface area (Å²) in [6.07, 6.45) is 48.3. The Balaban J connectivity index is -0.000000767. The van der Waals surface area contributed by atoms with Crippen molar-refractivity contribution in [1.82, 2.24) is 0 Å². The zero-order valence-electron chi connectivity index (χ0n) is 30.3. The van der Waals surface area contributed by atoms with Gasteiger partial charge in [-0.1, -0.05) is 206 Å². The summed E-state index contributed by atoms with van der Waals surface area (Å²) in [5, 5.41) is 20.3. The van der Waals surface area contributed by atoms with E-state index in [0.29, 0.717) is 0 Å². The maximum atomic E-state index is 10.2. The first kappa shape index (κ1) is 48.4. The molecular weight excluding hydrogens is 610 g/mol.